The van der Waals surface area contributed by atoms with Gasteiger partial charge < -0.3 is 10.6 Å². The number of amides is 2. The second-order valence-electron chi connectivity index (χ2n) is 7.91. The molecule has 0 bridgehead atoms. The molecule has 1 aromatic heterocycles. The highest BCUT2D eigenvalue weighted by atomic mass is 16.2. The van der Waals surface area contributed by atoms with Crippen molar-refractivity contribution < 1.29 is 9.59 Å². The average molecular weight is 383 g/mol. The van der Waals surface area contributed by atoms with Gasteiger partial charge in [-0.25, -0.2) is 4.98 Å². The van der Waals surface area contributed by atoms with Crippen molar-refractivity contribution in [2.45, 2.75) is 70.4 Å². The van der Waals surface area contributed by atoms with Gasteiger partial charge in [0, 0.05) is 18.7 Å². The molecule has 2 N–H and O–H groups in total. The summed E-state index contributed by atoms with van der Waals surface area (Å²) in [5.41, 5.74) is 0.320. The van der Waals surface area contributed by atoms with Crippen LogP contribution in [0, 0.1) is 11.8 Å². The normalized spacial score (nSPS) is 19.9. The van der Waals surface area contributed by atoms with E-state index in [0.29, 0.717) is 5.82 Å². The largest absolute Gasteiger partial charge is 0.338 e. The summed E-state index contributed by atoms with van der Waals surface area (Å²) in [4.78, 5) is 30.5. The van der Waals surface area contributed by atoms with Crippen LogP contribution < -0.4 is 10.6 Å². The first-order chi connectivity index (χ1) is 13.5. The van der Waals surface area contributed by atoms with Crippen LogP contribution >= 0.6 is 0 Å². The second-order valence-corrected chi connectivity index (χ2v) is 7.91. The van der Waals surface area contributed by atoms with Crippen molar-refractivity contribution >= 4 is 17.6 Å². The first-order valence-corrected chi connectivity index (χ1v) is 10.3. The molecule has 150 valence electrons. The van der Waals surface area contributed by atoms with Gasteiger partial charge in [0.05, 0.1) is 6.04 Å². The maximum absolute atomic E-state index is 12.9. The lowest BCUT2D eigenvalue weighted by Crippen LogP contribution is -2.54. The van der Waals surface area contributed by atoms with Crippen LogP contribution in [0.3, 0.4) is 0 Å². The Labute approximate surface area is 167 Å². The van der Waals surface area contributed by atoms with Crippen LogP contribution in [0.25, 0.3) is 0 Å². The van der Waals surface area contributed by atoms with E-state index in [1.165, 1.54) is 26.2 Å². The van der Waals surface area contributed by atoms with Gasteiger partial charge in [0.1, 0.15) is 11.4 Å². The molecule has 6 nitrogen and oxygen atoms in total. The first kappa shape index (κ1) is 20.3. The Hall–Kier alpha value is -2.39. The summed E-state index contributed by atoms with van der Waals surface area (Å²) >= 11 is 0. The average Bonchev–Trinajstić information content (AvgIpc) is 3.22. The number of hydrogen-bond acceptors (Lipinski definition) is 4. The predicted octanol–water partition coefficient (Wildman–Crippen LogP) is 2.69. The Kier molecular flexibility index (Phi) is 6.69. The van der Waals surface area contributed by atoms with Gasteiger partial charge in [-0.2, -0.15) is 0 Å². The molecular formula is C22H30N4O2. The van der Waals surface area contributed by atoms with Gasteiger partial charge in [0.15, 0.2) is 0 Å². The molecule has 2 heterocycles. The van der Waals surface area contributed by atoms with Crippen molar-refractivity contribution in [2.75, 3.05) is 18.4 Å². The fourth-order valence-corrected chi connectivity index (χ4v) is 3.99. The predicted molar refractivity (Wildman–Crippen MR) is 110 cm³/mol. The summed E-state index contributed by atoms with van der Waals surface area (Å²) < 4.78 is 0. The minimum Gasteiger partial charge on any atom is -0.338 e. The molecule has 1 saturated heterocycles. The van der Waals surface area contributed by atoms with Crippen molar-refractivity contribution in [1.29, 1.82) is 0 Å². The lowest BCUT2D eigenvalue weighted by Gasteiger charge is -2.35. The van der Waals surface area contributed by atoms with E-state index in [1.807, 2.05) is 13.0 Å². The molecule has 1 atom stereocenters. The number of likely N-dealkylation sites (tertiary alicyclic amines) is 1. The highest BCUT2D eigenvalue weighted by molar-refractivity contribution is 5.87. The zero-order chi connectivity index (χ0) is 20.0. The molecular weight excluding hydrogens is 352 g/mol. The lowest BCUT2D eigenvalue weighted by atomic mass is 9.81. The lowest BCUT2D eigenvalue weighted by molar-refractivity contribution is -0.127. The van der Waals surface area contributed by atoms with Crippen LogP contribution in [0.2, 0.25) is 0 Å². The molecule has 2 aliphatic rings. The van der Waals surface area contributed by atoms with E-state index in [-0.39, 0.29) is 17.9 Å². The highest BCUT2D eigenvalue weighted by Crippen LogP contribution is 2.28. The molecule has 1 aliphatic heterocycles. The molecule has 2 amide bonds. The first-order valence-electron chi connectivity index (χ1n) is 10.3. The fourth-order valence-electron chi connectivity index (χ4n) is 3.99. The number of carbonyl (C=O) groups is 2. The van der Waals surface area contributed by atoms with Crippen molar-refractivity contribution in [1.82, 2.24) is 15.2 Å². The van der Waals surface area contributed by atoms with E-state index in [4.69, 9.17) is 0 Å². The molecule has 6 heteroatoms. The van der Waals surface area contributed by atoms with Crippen LogP contribution in [-0.4, -0.2) is 46.4 Å². The van der Waals surface area contributed by atoms with Gasteiger partial charge in [-0.1, -0.05) is 31.1 Å². The van der Waals surface area contributed by atoms with E-state index in [1.54, 1.807) is 12.3 Å². The Morgan fingerprint density at radius 3 is 2.46 bits per heavy atom. The van der Waals surface area contributed by atoms with Crippen LogP contribution in [0.5, 0.6) is 0 Å². The van der Waals surface area contributed by atoms with Gasteiger partial charge in [-0.05, 0) is 57.8 Å². The molecule has 1 saturated carbocycles. The standard InChI is InChI=1S/C22H30N4O2/c1-17(26-14-6-7-15-26)21(28)25-22(11-4-3-5-12-22)13-10-19-8-9-20(23-16-19)24-18(2)27/h8-9,16-17H,3-7,11-12,14-15H2,1-2H3,(H,25,28)(H,23,24,27)/t17-/m1/s1. The molecule has 28 heavy (non-hydrogen) atoms. The number of carbonyl (C=O) groups excluding carboxylic acids is 2. The van der Waals surface area contributed by atoms with Crippen LogP contribution in [0.15, 0.2) is 18.3 Å². The topological polar surface area (TPSA) is 74.3 Å². The second kappa shape index (κ2) is 9.20. The van der Waals surface area contributed by atoms with Crippen LogP contribution in [0.1, 0.15) is 64.4 Å². The molecule has 1 aromatic rings. The minimum atomic E-state index is -0.459. The number of nitrogens with one attached hydrogen (secondary N) is 2. The van der Waals surface area contributed by atoms with E-state index >= 15 is 0 Å². The van der Waals surface area contributed by atoms with Crippen LogP contribution in [0.4, 0.5) is 5.82 Å². The zero-order valence-electron chi connectivity index (χ0n) is 16.9. The number of anilines is 1. The molecule has 0 radical (unpaired) electrons. The monoisotopic (exact) mass is 382 g/mol. The smallest absolute Gasteiger partial charge is 0.238 e. The third kappa shape index (κ3) is 5.32. The highest BCUT2D eigenvalue weighted by Gasteiger charge is 2.34. The summed E-state index contributed by atoms with van der Waals surface area (Å²) in [7, 11) is 0. The Morgan fingerprint density at radius 2 is 1.86 bits per heavy atom. The number of rotatable bonds is 4. The molecule has 1 aliphatic carbocycles. The van der Waals surface area contributed by atoms with Crippen molar-refractivity contribution in [3.63, 3.8) is 0 Å². The zero-order valence-corrected chi connectivity index (χ0v) is 16.9. The van der Waals surface area contributed by atoms with Gasteiger partial charge in [-0.15, -0.1) is 0 Å². The van der Waals surface area contributed by atoms with Gasteiger partial charge in [0.2, 0.25) is 11.8 Å². The van der Waals surface area contributed by atoms with E-state index in [2.05, 4.69) is 32.4 Å². The third-order valence-electron chi connectivity index (χ3n) is 5.65. The van der Waals surface area contributed by atoms with E-state index in [0.717, 1.165) is 44.3 Å². The minimum absolute atomic E-state index is 0.0808. The van der Waals surface area contributed by atoms with Crippen LogP contribution in [-0.2, 0) is 9.59 Å². The SMILES string of the molecule is CC(=O)Nc1ccc(C#CC2(NC(=O)[C@@H](C)N3CCCC3)CCCCC2)cn1. The molecule has 0 spiro atoms. The summed E-state index contributed by atoms with van der Waals surface area (Å²) in [6.07, 6.45) is 9.11. The number of hydrogen-bond donors (Lipinski definition) is 2. The summed E-state index contributed by atoms with van der Waals surface area (Å²) in [6, 6.07) is 3.48. The maximum Gasteiger partial charge on any atom is 0.238 e. The Balaban J connectivity index is 1.72. The number of nitrogens with zero attached hydrogens (tertiary/aromatic N) is 2. The summed E-state index contributed by atoms with van der Waals surface area (Å²) in [6.45, 7) is 5.45. The van der Waals surface area contributed by atoms with Crippen molar-refractivity contribution in [3.05, 3.63) is 23.9 Å². The fraction of sp³-hybridized carbons (Fsp3) is 0.591. The van der Waals surface area contributed by atoms with E-state index in [9.17, 15) is 9.59 Å². The molecule has 0 unspecified atom stereocenters. The van der Waals surface area contributed by atoms with Gasteiger partial charge in [-0.3, -0.25) is 14.5 Å². The quantitative estimate of drug-likeness (QED) is 0.785. The van der Waals surface area contributed by atoms with Gasteiger partial charge in [0.25, 0.3) is 0 Å². The van der Waals surface area contributed by atoms with Crippen molar-refractivity contribution in [2.24, 2.45) is 0 Å². The molecule has 2 fully saturated rings. The van der Waals surface area contributed by atoms with E-state index < -0.39 is 5.54 Å². The van der Waals surface area contributed by atoms with Crippen molar-refractivity contribution in [3.8, 4) is 11.8 Å². The number of pyridine rings is 1. The summed E-state index contributed by atoms with van der Waals surface area (Å²) in [5.74, 6) is 7.00. The van der Waals surface area contributed by atoms with Gasteiger partial charge >= 0.3 is 0 Å². The molecule has 3 rings (SSSR count). The molecule has 0 aromatic carbocycles. The maximum atomic E-state index is 12.9. The number of aromatic nitrogens is 1. The third-order valence-corrected chi connectivity index (χ3v) is 5.65. The summed E-state index contributed by atoms with van der Waals surface area (Å²) in [5, 5.41) is 5.94. The Bertz CT molecular complexity index is 751. The Morgan fingerprint density at radius 1 is 1.14 bits per heavy atom.